The Balaban J connectivity index is 1.42. The molecule has 3 atom stereocenters. The van der Waals surface area contributed by atoms with Crippen molar-refractivity contribution in [3.63, 3.8) is 0 Å². The lowest BCUT2D eigenvalue weighted by Crippen LogP contribution is -2.49. The van der Waals surface area contributed by atoms with Crippen LogP contribution in [0.25, 0.3) is 0 Å². The van der Waals surface area contributed by atoms with Crippen LogP contribution in [-0.4, -0.2) is 51.5 Å². The maximum atomic E-state index is 13.1. The van der Waals surface area contributed by atoms with Gasteiger partial charge in [-0.05, 0) is 18.4 Å². The van der Waals surface area contributed by atoms with Crippen LogP contribution in [0.2, 0.25) is 0 Å². The van der Waals surface area contributed by atoms with Gasteiger partial charge in [-0.3, -0.25) is 9.59 Å². The maximum absolute atomic E-state index is 13.1. The summed E-state index contributed by atoms with van der Waals surface area (Å²) in [7, 11) is 0. The molecule has 2 aromatic rings. The van der Waals surface area contributed by atoms with Gasteiger partial charge in [-0.2, -0.15) is 0 Å². The first-order valence-corrected chi connectivity index (χ1v) is 10.8. The molecule has 1 aromatic carbocycles. The zero-order chi connectivity index (χ0) is 19.3. The number of thiazole rings is 1. The van der Waals surface area contributed by atoms with E-state index in [1.807, 2.05) is 45.5 Å². The smallest absolute Gasteiger partial charge is 0.273 e. The van der Waals surface area contributed by atoms with Gasteiger partial charge in [0.2, 0.25) is 5.91 Å². The molecule has 4 heterocycles. The largest absolute Gasteiger partial charge is 0.351 e. The number of hydrogen-bond donors (Lipinski definition) is 0. The SMILES string of the molecule is CCCc1nc(C(=O)N2CC[C@@]34OC[C@@H](c5ccccc5)N3C(=O)C[C@@H]24)cs1. The Bertz CT molecular complexity index is 915. The minimum Gasteiger partial charge on any atom is -0.351 e. The summed E-state index contributed by atoms with van der Waals surface area (Å²) < 4.78 is 6.28. The van der Waals surface area contributed by atoms with Gasteiger partial charge in [0.1, 0.15) is 5.69 Å². The fourth-order valence-electron chi connectivity index (χ4n) is 4.89. The minimum absolute atomic E-state index is 0.0683. The number of carbonyl (C=O) groups is 2. The van der Waals surface area contributed by atoms with Crippen molar-refractivity contribution < 1.29 is 14.3 Å². The number of carbonyl (C=O) groups excluding carboxylic acids is 2. The molecule has 2 amide bonds. The molecule has 1 aromatic heterocycles. The van der Waals surface area contributed by atoms with E-state index in [0.717, 1.165) is 23.4 Å². The maximum Gasteiger partial charge on any atom is 0.273 e. The average Bonchev–Trinajstić information content (AvgIpc) is 3.45. The molecule has 3 aliphatic heterocycles. The number of rotatable bonds is 4. The van der Waals surface area contributed by atoms with Crippen LogP contribution in [0.3, 0.4) is 0 Å². The highest BCUT2D eigenvalue weighted by molar-refractivity contribution is 7.09. The number of nitrogens with zero attached hydrogens (tertiary/aromatic N) is 3. The fourth-order valence-corrected chi connectivity index (χ4v) is 5.77. The second kappa shape index (κ2) is 6.67. The van der Waals surface area contributed by atoms with E-state index in [2.05, 4.69) is 11.9 Å². The zero-order valence-electron chi connectivity index (χ0n) is 15.8. The first kappa shape index (κ1) is 17.8. The van der Waals surface area contributed by atoms with Crippen LogP contribution in [0.15, 0.2) is 35.7 Å². The molecule has 5 rings (SSSR count). The highest BCUT2D eigenvalue weighted by Gasteiger charge is 2.65. The molecule has 146 valence electrons. The van der Waals surface area contributed by atoms with E-state index >= 15 is 0 Å². The monoisotopic (exact) mass is 397 g/mol. The Kier molecular flexibility index (Phi) is 4.25. The fraction of sp³-hybridized carbons (Fsp3) is 0.476. The topological polar surface area (TPSA) is 62.7 Å². The van der Waals surface area contributed by atoms with Gasteiger partial charge in [0.05, 0.1) is 30.1 Å². The number of hydrogen-bond acceptors (Lipinski definition) is 5. The number of aromatic nitrogens is 1. The van der Waals surface area contributed by atoms with Crippen molar-refractivity contribution in [2.24, 2.45) is 0 Å². The summed E-state index contributed by atoms with van der Waals surface area (Å²) >= 11 is 1.54. The van der Waals surface area contributed by atoms with Crippen LogP contribution in [0.4, 0.5) is 0 Å². The first-order chi connectivity index (χ1) is 13.6. The van der Waals surface area contributed by atoms with Gasteiger partial charge in [0, 0.05) is 18.3 Å². The van der Waals surface area contributed by atoms with Crippen LogP contribution in [0.5, 0.6) is 0 Å². The summed E-state index contributed by atoms with van der Waals surface area (Å²) in [5.74, 6) is -0.0132. The second-order valence-corrected chi connectivity index (χ2v) is 8.63. The Morgan fingerprint density at radius 2 is 2.18 bits per heavy atom. The Hall–Kier alpha value is -2.25. The molecule has 0 bridgehead atoms. The van der Waals surface area contributed by atoms with E-state index in [-0.39, 0.29) is 23.9 Å². The lowest BCUT2D eigenvalue weighted by atomic mass is 10.0. The van der Waals surface area contributed by atoms with E-state index in [4.69, 9.17) is 4.74 Å². The van der Waals surface area contributed by atoms with Gasteiger partial charge < -0.3 is 14.5 Å². The van der Waals surface area contributed by atoms with Gasteiger partial charge in [0.25, 0.3) is 5.91 Å². The predicted molar refractivity (Wildman–Crippen MR) is 105 cm³/mol. The molecule has 3 aliphatic rings. The predicted octanol–water partition coefficient (Wildman–Crippen LogP) is 3.01. The van der Waals surface area contributed by atoms with E-state index in [1.54, 1.807) is 0 Å². The summed E-state index contributed by atoms with van der Waals surface area (Å²) in [6.07, 6.45) is 2.87. The molecular formula is C21H23N3O3S. The van der Waals surface area contributed by atoms with Crippen molar-refractivity contribution in [1.29, 1.82) is 0 Å². The second-order valence-electron chi connectivity index (χ2n) is 7.69. The lowest BCUT2D eigenvalue weighted by molar-refractivity contribution is -0.138. The molecule has 28 heavy (non-hydrogen) atoms. The molecule has 0 N–H and O–H groups in total. The molecular weight excluding hydrogens is 374 g/mol. The van der Waals surface area contributed by atoms with Crippen molar-refractivity contribution in [3.8, 4) is 0 Å². The molecule has 0 unspecified atom stereocenters. The van der Waals surface area contributed by atoms with Crippen molar-refractivity contribution in [3.05, 3.63) is 52.0 Å². The van der Waals surface area contributed by atoms with Gasteiger partial charge in [-0.15, -0.1) is 11.3 Å². The molecule has 3 saturated heterocycles. The summed E-state index contributed by atoms with van der Waals surface area (Å²) in [5.41, 5.74) is 0.895. The van der Waals surface area contributed by atoms with Gasteiger partial charge in [-0.1, -0.05) is 37.3 Å². The number of benzene rings is 1. The van der Waals surface area contributed by atoms with Gasteiger partial charge in [-0.25, -0.2) is 4.98 Å². The van der Waals surface area contributed by atoms with Crippen LogP contribution in [0.1, 0.15) is 53.3 Å². The van der Waals surface area contributed by atoms with Crippen molar-refractivity contribution >= 4 is 23.2 Å². The molecule has 6 nitrogen and oxygen atoms in total. The third-order valence-corrected chi connectivity index (χ3v) is 7.04. The highest BCUT2D eigenvalue weighted by atomic mass is 32.1. The molecule has 3 fully saturated rings. The van der Waals surface area contributed by atoms with Crippen LogP contribution < -0.4 is 0 Å². The van der Waals surface area contributed by atoms with E-state index in [0.29, 0.717) is 31.7 Å². The molecule has 0 aliphatic carbocycles. The highest BCUT2D eigenvalue weighted by Crippen LogP contribution is 2.51. The normalized spacial score (nSPS) is 28.7. The Morgan fingerprint density at radius 1 is 1.36 bits per heavy atom. The third kappa shape index (κ3) is 2.53. The Morgan fingerprint density at radius 3 is 2.96 bits per heavy atom. The minimum atomic E-state index is -0.685. The number of ether oxygens (including phenoxy) is 1. The van der Waals surface area contributed by atoms with E-state index in [9.17, 15) is 9.59 Å². The van der Waals surface area contributed by atoms with Crippen LogP contribution >= 0.6 is 11.3 Å². The number of likely N-dealkylation sites (tertiary alicyclic amines) is 1. The summed E-state index contributed by atoms with van der Waals surface area (Å²) in [6, 6.07) is 9.70. The lowest BCUT2D eigenvalue weighted by Gasteiger charge is -2.33. The summed E-state index contributed by atoms with van der Waals surface area (Å²) in [4.78, 5) is 34.3. The summed E-state index contributed by atoms with van der Waals surface area (Å²) in [5, 5.41) is 2.83. The number of amides is 2. The van der Waals surface area contributed by atoms with Crippen LogP contribution in [-0.2, 0) is 16.0 Å². The average molecular weight is 398 g/mol. The molecule has 0 saturated carbocycles. The van der Waals surface area contributed by atoms with Crippen molar-refractivity contribution in [1.82, 2.24) is 14.8 Å². The van der Waals surface area contributed by atoms with Gasteiger partial charge in [0.15, 0.2) is 5.72 Å². The number of aryl methyl sites for hydroxylation is 1. The van der Waals surface area contributed by atoms with E-state index in [1.165, 1.54) is 11.3 Å². The molecule has 1 spiro atoms. The van der Waals surface area contributed by atoms with Crippen molar-refractivity contribution in [2.45, 2.75) is 50.4 Å². The van der Waals surface area contributed by atoms with E-state index < -0.39 is 5.72 Å². The van der Waals surface area contributed by atoms with Crippen LogP contribution in [0, 0.1) is 0 Å². The first-order valence-electron chi connectivity index (χ1n) is 9.90. The zero-order valence-corrected chi connectivity index (χ0v) is 16.7. The standard InChI is InChI=1S/C21H23N3O3S/c1-2-6-18-22-15(13-28-18)20(26)23-10-9-21-17(23)11-19(25)24(21)16(12-27-21)14-7-4-3-5-8-14/h3-5,7-8,13,16-17H,2,6,9-12H2,1H3/t16-,17+,21-/m0/s1. The summed E-state index contributed by atoms with van der Waals surface area (Å²) in [6.45, 7) is 3.17. The van der Waals surface area contributed by atoms with Crippen molar-refractivity contribution in [2.75, 3.05) is 13.2 Å². The third-order valence-electron chi connectivity index (χ3n) is 6.14. The van der Waals surface area contributed by atoms with Gasteiger partial charge >= 0.3 is 0 Å². The quantitative estimate of drug-likeness (QED) is 0.796. The molecule has 7 heteroatoms. The Labute approximate surface area is 168 Å². The molecule has 0 radical (unpaired) electrons.